The Morgan fingerprint density at radius 2 is 1.64 bits per heavy atom. The first-order chi connectivity index (χ1) is 16.8. The van der Waals surface area contributed by atoms with E-state index in [4.69, 9.17) is 0 Å². The van der Waals surface area contributed by atoms with E-state index in [2.05, 4.69) is 74.9 Å². The lowest BCUT2D eigenvalue weighted by Crippen LogP contribution is -2.42. The summed E-state index contributed by atoms with van der Waals surface area (Å²) in [6, 6.07) is 7.40. The van der Waals surface area contributed by atoms with Gasteiger partial charge in [-0.3, -0.25) is 9.59 Å². The van der Waals surface area contributed by atoms with Crippen LogP contribution in [0.3, 0.4) is 0 Å². The molecule has 0 atom stereocenters. The Morgan fingerprint density at radius 1 is 1.03 bits per heavy atom. The van der Waals surface area contributed by atoms with Crippen LogP contribution in [0.5, 0.6) is 0 Å². The van der Waals surface area contributed by atoms with E-state index in [1.807, 2.05) is 26.0 Å². The van der Waals surface area contributed by atoms with Gasteiger partial charge in [-0.05, 0) is 108 Å². The lowest BCUT2D eigenvalue weighted by Gasteiger charge is -2.41. The quantitative estimate of drug-likeness (QED) is 0.553. The Kier molecular flexibility index (Phi) is 8.71. The Hall–Kier alpha value is -2.60. The second kappa shape index (κ2) is 11.2. The van der Waals surface area contributed by atoms with E-state index in [0.717, 1.165) is 47.5 Å². The summed E-state index contributed by atoms with van der Waals surface area (Å²) in [5, 5.41) is 3.03. The fraction of sp³-hybridized carbons (Fsp3) is 0.600. The Labute approximate surface area is 217 Å². The molecule has 1 aromatic heterocycles. The molecule has 2 N–H and O–H groups in total. The molecule has 0 saturated heterocycles. The molecule has 6 heteroatoms. The van der Waals surface area contributed by atoms with Crippen LogP contribution in [0.15, 0.2) is 23.0 Å². The number of carbonyl (C=O) groups excluding carboxylic acids is 1. The van der Waals surface area contributed by atoms with Gasteiger partial charge in [-0.2, -0.15) is 0 Å². The van der Waals surface area contributed by atoms with Crippen molar-refractivity contribution in [2.24, 2.45) is 0 Å². The van der Waals surface area contributed by atoms with Crippen LogP contribution in [-0.2, 0) is 12.0 Å². The van der Waals surface area contributed by atoms with Crippen molar-refractivity contribution in [3.05, 3.63) is 62.1 Å². The van der Waals surface area contributed by atoms with Gasteiger partial charge in [0.1, 0.15) is 0 Å². The van der Waals surface area contributed by atoms with Gasteiger partial charge in [0, 0.05) is 47.7 Å². The highest BCUT2D eigenvalue weighted by molar-refractivity contribution is 5.97. The Balaban J connectivity index is 1.94. The predicted molar refractivity (Wildman–Crippen MR) is 150 cm³/mol. The third-order valence-electron chi connectivity index (χ3n) is 7.90. The van der Waals surface area contributed by atoms with Crippen molar-refractivity contribution in [2.45, 2.75) is 98.2 Å². The maximum atomic E-state index is 13.5. The molecular weight excluding hydrogens is 448 g/mol. The van der Waals surface area contributed by atoms with Gasteiger partial charge in [-0.25, -0.2) is 0 Å². The highest BCUT2D eigenvalue weighted by Gasteiger charge is 2.29. The van der Waals surface area contributed by atoms with Crippen LogP contribution >= 0.6 is 0 Å². The van der Waals surface area contributed by atoms with Crippen LogP contribution in [-0.4, -0.2) is 48.5 Å². The summed E-state index contributed by atoms with van der Waals surface area (Å²) in [6.07, 6.45) is 4.72. The highest BCUT2D eigenvalue weighted by Crippen LogP contribution is 2.36. The van der Waals surface area contributed by atoms with E-state index in [0.29, 0.717) is 23.2 Å². The van der Waals surface area contributed by atoms with E-state index < -0.39 is 0 Å². The third-order valence-corrected chi connectivity index (χ3v) is 7.90. The summed E-state index contributed by atoms with van der Waals surface area (Å²) in [6.45, 7) is 15.8. The summed E-state index contributed by atoms with van der Waals surface area (Å²) >= 11 is 0. The summed E-state index contributed by atoms with van der Waals surface area (Å²) in [7, 11) is 4.35. The largest absolute Gasteiger partial charge is 0.369 e. The SMILES string of the molecule is CCN(c1cc(C(C)(C)C)cc(C(=O)NCc2c(C)cc(C)[nH]c2=O)c1C)C1CCC(N(C)C)CC1. The molecular formula is C30H46N4O2. The molecule has 3 rings (SSSR count). The predicted octanol–water partition coefficient (Wildman–Crippen LogP) is 5.23. The highest BCUT2D eigenvalue weighted by atomic mass is 16.1. The van der Waals surface area contributed by atoms with Gasteiger partial charge >= 0.3 is 0 Å². The molecule has 198 valence electrons. The molecule has 1 amide bonds. The second-order valence-corrected chi connectivity index (χ2v) is 11.8. The van der Waals surface area contributed by atoms with E-state index >= 15 is 0 Å². The molecule has 0 bridgehead atoms. The molecule has 6 nitrogen and oxygen atoms in total. The van der Waals surface area contributed by atoms with E-state index in [-0.39, 0.29) is 23.4 Å². The fourth-order valence-electron chi connectivity index (χ4n) is 5.54. The molecule has 1 saturated carbocycles. The number of amides is 1. The van der Waals surface area contributed by atoms with Gasteiger partial charge in [0.25, 0.3) is 11.5 Å². The molecule has 0 spiro atoms. The first kappa shape index (κ1) is 28.0. The van der Waals surface area contributed by atoms with Crippen LogP contribution in [0.25, 0.3) is 0 Å². The van der Waals surface area contributed by atoms with Crippen LogP contribution in [0, 0.1) is 20.8 Å². The fourth-order valence-corrected chi connectivity index (χ4v) is 5.54. The number of benzene rings is 1. The number of pyridine rings is 1. The third kappa shape index (κ3) is 6.20. The number of carbonyl (C=O) groups is 1. The van der Waals surface area contributed by atoms with Crippen LogP contribution in [0.2, 0.25) is 0 Å². The van der Waals surface area contributed by atoms with Crippen molar-refractivity contribution in [1.29, 1.82) is 0 Å². The first-order valence-electron chi connectivity index (χ1n) is 13.4. The summed E-state index contributed by atoms with van der Waals surface area (Å²) in [5.41, 5.74) is 6.10. The number of anilines is 1. The molecule has 1 fully saturated rings. The number of hydrogen-bond acceptors (Lipinski definition) is 4. The minimum Gasteiger partial charge on any atom is -0.369 e. The van der Waals surface area contributed by atoms with Crippen LogP contribution in [0.4, 0.5) is 5.69 Å². The molecule has 1 aliphatic rings. The summed E-state index contributed by atoms with van der Waals surface area (Å²) in [5.74, 6) is -0.133. The van der Waals surface area contributed by atoms with Crippen molar-refractivity contribution in [2.75, 3.05) is 25.5 Å². The van der Waals surface area contributed by atoms with Crippen LogP contribution in [0.1, 0.15) is 91.7 Å². The van der Waals surface area contributed by atoms with E-state index in [9.17, 15) is 9.59 Å². The Bertz CT molecular complexity index is 1130. The molecule has 0 radical (unpaired) electrons. The van der Waals surface area contributed by atoms with E-state index in [1.54, 1.807) is 0 Å². The molecule has 0 unspecified atom stereocenters. The standard InChI is InChI=1S/C30H46N4O2/c1-10-34(24-13-11-23(12-14-24)33(8)9)27-17-22(30(5,6)7)16-25(21(27)4)28(35)31-18-26-19(2)15-20(3)32-29(26)36/h15-17,23-24H,10-14,18H2,1-9H3,(H,31,35)(H,32,36). The topological polar surface area (TPSA) is 68.4 Å². The smallest absolute Gasteiger partial charge is 0.253 e. The van der Waals surface area contributed by atoms with Gasteiger partial charge < -0.3 is 20.1 Å². The van der Waals surface area contributed by atoms with E-state index in [1.165, 1.54) is 12.8 Å². The van der Waals surface area contributed by atoms with Gasteiger partial charge in [-0.15, -0.1) is 0 Å². The normalized spacial score (nSPS) is 18.4. The lowest BCUT2D eigenvalue weighted by atomic mass is 9.83. The minimum absolute atomic E-state index is 0.0931. The number of H-pyrrole nitrogens is 1. The average molecular weight is 495 g/mol. The van der Waals surface area contributed by atoms with Gasteiger partial charge in [0.05, 0.1) is 0 Å². The second-order valence-electron chi connectivity index (χ2n) is 11.8. The van der Waals surface area contributed by atoms with Gasteiger partial charge in [-0.1, -0.05) is 20.8 Å². The number of aryl methyl sites for hydroxylation is 2. The summed E-state index contributed by atoms with van der Waals surface area (Å²) in [4.78, 5) is 33.7. The van der Waals surface area contributed by atoms with Crippen molar-refractivity contribution >= 4 is 11.6 Å². The first-order valence-corrected chi connectivity index (χ1v) is 13.4. The van der Waals surface area contributed by atoms with Crippen molar-refractivity contribution in [1.82, 2.24) is 15.2 Å². The molecule has 36 heavy (non-hydrogen) atoms. The summed E-state index contributed by atoms with van der Waals surface area (Å²) < 4.78 is 0. The molecule has 1 heterocycles. The van der Waals surface area contributed by atoms with Crippen molar-refractivity contribution in [3.8, 4) is 0 Å². The van der Waals surface area contributed by atoms with Crippen LogP contribution < -0.4 is 15.8 Å². The number of hydrogen-bond donors (Lipinski definition) is 2. The number of nitrogens with one attached hydrogen (secondary N) is 2. The molecule has 1 aliphatic carbocycles. The Morgan fingerprint density at radius 3 is 2.17 bits per heavy atom. The average Bonchev–Trinajstić information content (AvgIpc) is 2.79. The number of rotatable bonds is 7. The molecule has 2 aromatic rings. The monoisotopic (exact) mass is 494 g/mol. The number of aromatic nitrogens is 1. The lowest BCUT2D eigenvalue weighted by molar-refractivity contribution is 0.0950. The zero-order chi connectivity index (χ0) is 26.8. The molecule has 1 aromatic carbocycles. The molecule has 0 aliphatic heterocycles. The maximum absolute atomic E-state index is 13.5. The van der Waals surface area contributed by atoms with Gasteiger partial charge in [0.15, 0.2) is 0 Å². The zero-order valence-electron chi connectivity index (χ0n) is 23.8. The minimum atomic E-state index is -0.140. The number of aromatic amines is 1. The van der Waals surface area contributed by atoms with Crippen molar-refractivity contribution < 1.29 is 4.79 Å². The van der Waals surface area contributed by atoms with Crippen molar-refractivity contribution in [3.63, 3.8) is 0 Å². The van der Waals surface area contributed by atoms with Gasteiger partial charge in [0.2, 0.25) is 0 Å². The maximum Gasteiger partial charge on any atom is 0.253 e. The number of nitrogens with zero attached hydrogens (tertiary/aromatic N) is 2. The zero-order valence-corrected chi connectivity index (χ0v) is 23.8.